The summed E-state index contributed by atoms with van der Waals surface area (Å²) in [5.41, 5.74) is -0.314. The van der Waals surface area contributed by atoms with Gasteiger partial charge in [-0.2, -0.15) is 0 Å². The second kappa shape index (κ2) is 13.5. The fourth-order valence-corrected chi connectivity index (χ4v) is 5.01. The topological polar surface area (TPSA) is 152 Å². The Bertz CT molecular complexity index is 941. The molecular weight excluding hydrogens is 494 g/mol. The highest BCUT2D eigenvalue weighted by molar-refractivity contribution is 5.87. The summed E-state index contributed by atoms with van der Waals surface area (Å²) < 4.78 is 16.8. The van der Waals surface area contributed by atoms with Crippen LogP contribution in [0.15, 0.2) is 36.0 Å². The quantitative estimate of drug-likeness (QED) is 0.187. The molecule has 0 bridgehead atoms. The molecule has 8 atom stereocenters. The molecule has 1 amide bonds. The van der Waals surface area contributed by atoms with E-state index in [2.05, 4.69) is 12.2 Å². The first-order chi connectivity index (χ1) is 17.6. The smallest absolute Gasteiger partial charge is 0.308 e. The Morgan fingerprint density at radius 3 is 2.50 bits per heavy atom. The van der Waals surface area contributed by atoms with Gasteiger partial charge < -0.3 is 34.8 Å². The van der Waals surface area contributed by atoms with Crippen LogP contribution in [0.3, 0.4) is 0 Å². The summed E-state index contributed by atoms with van der Waals surface area (Å²) in [4.78, 5) is 34.4. The lowest BCUT2D eigenvalue weighted by atomic mass is 9.85. The number of hydrogen-bond acceptors (Lipinski definition) is 8. The highest BCUT2D eigenvalue weighted by Gasteiger charge is 2.46. The maximum Gasteiger partial charge on any atom is 0.308 e. The number of rotatable bonds is 10. The second-order valence-electron chi connectivity index (χ2n) is 11.0. The number of allylic oxidation sites excluding steroid dienone is 2. The summed E-state index contributed by atoms with van der Waals surface area (Å²) in [6.07, 6.45) is 8.02. The molecule has 10 heteroatoms. The molecule has 2 fully saturated rings. The number of carboxylic acid groups (broad SMARTS) is 1. The summed E-state index contributed by atoms with van der Waals surface area (Å²) in [6, 6.07) is -0.145. The molecule has 0 aromatic carbocycles. The Morgan fingerprint density at radius 2 is 1.87 bits per heavy atom. The molecule has 2 rings (SSSR count). The van der Waals surface area contributed by atoms with Crippen molar-refractivity contribution in [3.63, 3.8) is 0 Å². The van der Waals surface area contributed by atoms with Crippen LogP contribution in [0.2, 0.25) is 0 Å². The van der Waals surface area contributed by atoms with Gasteiger partial charge in [0.2, 0.25) is 5.91 Å². The molecule has 0 saturated carbocycles. The van der Waals surface area contributed by atoms with Crippen LogP contribution >= 0.6 is 0 Å². The Morgan fingerprint density at radius 1 is 1.18 bits per heavy atom. The van der Waals surface area contributed by atoms with E-state index >= 15 is 0 Å². The van der Waals surface area contributed by atoms with E-state index in [4.69, 9.17) is 19.3 Å². The number of carbonyl (C=O) groups is 3. The molecule has 0 radical (unpaired) electrons. The number of amides is 1. The fraction of sp³-hybridized carbons (Fsp3) is 0.679. The average Bonchev–Trinajstić information content (AvgIpc) is 2.75. The largest absolute Gasteiger partial charge is 0.481 e. The van der Waals surface area contributed by atoms with E-state index in [-0.39, 0.29) is 42.9 Å². The molecule has 38 heavy (non-hydrogen) atoms. The number of carboxylic acids is 1. The predicted molar refractivity (Wildman–Crippen MR) is 140 cm³/mol. The third-order valence-corrected chi connectivity index (χ3v) is 6.76. The van der Waals surface area contributed by atoms with E-state index < -0.39 is 42.0 Å². The maximum absolute atomic E-state index is 12.3. The maximum atomic E-state index is 12.3. The van der Waals surface area contributed by atoms with Crippen LogP contribution in [0, 0.1) is 5.92 Å². The molecule has 2 aliphatic rings. The van der Waals surface area contributed by atoms with Gasteiger partial charge in [-0.25, -0.2) is 0 Å². The third kappa shape index (κ3) is 10.7. The summed E-state index contributed by atoms with van der Waals surface area (Å²) >= 11 is 0. The zero-order valence-corrected chi connectivity index (χ0v) is 23.2. The Balaban J connectivity index is 1.90. The number of carbonyl (C=O) groups excluding carboxylic acids is 2. The van der Waals surface area contributed by atoms with Gasteiger partial charge >= 0.3 is 11.9 Å². The van der Waals surface area contributed by atoms with Gasteiger partial charge in [0.25, 0.3) is 0 Å². The molecule has 0 aromatic rings. The van der Waals surface area contributed by atoms with E-state index in [1.54, 1.807) is 19.9 Å². The molecule has 2 heterocycles. The first kappa shape index (κ1) is 31.7. The molecule has 214 valence electrons. The third-order valence-electron chi connectivity index (χ3n) is 6.76. The lowest BCUT2D eigenvalue weighted by molar-refractivity contribution is -0.281. The van der Waals surface area contributed by atoms with E-state index in [0.717, 1.165) is 12.0 Å². The highest BCUT2D eigenvalue weighted by Crippen LogP contribution is 2.36. The summed E-state index contributed by atoms with van der Waals surface area (Å²) in [5.74, 6) is -3.61. The van der Waals surface area contributed by atoms with Gasteiger partial charge in [0.05, 0.1) is 36.4 Å². The van der Waals surface area contributed by atoms with Crippen LogP contribution in [0.25, 0.3) is 0 Å². The molecule has 8 unspecified atom stereocenters. The van der Waals surface area contributed by atoms with E-state index in [1.807, 2.05) is 26.0 Å². The van der Waals surface area contributed by atoms with Crippen molar-refractivity contribution in [3.8, 4) is 0 Å². The van der Waals surface area contributed by atoms with Crippen LogP contribution in [-0.2, 0) is 28.6 Å². The van der Waals surface area contributed by atoms with Gasteiger partial charge in [-0.3, -0.25) is 14.4 Å². The van der Waals surface area contributed by atoms with Gasteiger partial charge in [-0.05, 0) is 52.5 Å². The minimum absolute atomic E-state index is 0.0339. The first-order valence-electron chi connectivity index (χ1n) is 13.1. The molecule has 0 aliphatic carbocycles. The summed E-state index contributed by atoms with van der Waals surface area (Å²) in [7, 11) is 0. The van der Waals surface area contributed by atoms with Crippen LogP contribution in [0.1, 0.15) is 73.6 Å². The van der Waals surface area contributed by atoms with Crippen molar-refractivity contribution in [3.05, 3.63) is 36.0 Å². The van der Waals surface area contributed by atoms with Gasteiger partial charge in [0, 0.05) is 25.8 Å². The monoisotopic (exact) mass is 537 g/mol. The van der Waals surface area contributed by atoms with Crippen LogP contribution in [0.4, 0.5) is 0 Å². The van der Waals surface area contributed by atoms with Crippen molar-refractivity contribution in [2.45, 2.75) is 115 Å². The standard InChI is InChI=1S/C28H43NO9/c1-17(7-10-22-14-27(6,34)16-28(35,38-22)15-26(32)33)8-11-24-18(2)13-23(20(4)37-24)29-25(31)12-9-19(3)36-21(5)30/h7-10,12,18-20,22-24,34-35H,11,13-16H2,1-6H3,(H,29,31)(H,32,33). The van der Waals surface area contributed by atoms with Crippen LogP contribution < -0.4 is 5.32 Å². The molecule has 2 saturated heterocycles. The molecule has 0 aromatic heterocycles. The number of ether oxygens (including phenoxy) is 3. The second-order valence-corrected chi connectivity index (χ2v) is 11.0. The summed E-state index contributed by atoms with van der Waals surface area (Å²) in [5, 5.41) is 33.1. The Kier molecular flexibility index (Phi) is 11.3. The van der Waals surface area contributed by atoms with E-state index in [0.29, 0.717) is 6.42 Å². The average molecular weight is 538 g/mol. The highest BCUT2D eigenvalue weighted by atomic mass is 16.6. The fourth-order valence-electron chi connectivity index (χ4n) is 5.01. The normalized spacial score (nSPS) is 35.3. The summed E-state index contributed by atoms with van der Waals surface area (Å²) in [6.45, 7) is 10.5. The minimum Gasteiger partial charge on any atom is -0.481 e. The van der Waals surface area contributed by atoms with Gasteiger partial charge in [0.1, 0.15) is 6.10 Å². The van der Waals surface area contributed by atoms with Crippen molar-refractivity contribution < 1.29 is 43.9 Å². The molecular formula is C28H43NO9. The molecule has 10 nitrogen and oxygen atoms in total. The number of nitrogens with one attached hydrogen (secondary N) is 1. The Labute approximate surface area is 224 Å². The lowest BCUT2D eigenvalue weighted by Gasteiger charge is -2.43. The molecule has 2 aliphatic heterocycles. The van der Waals surface area contributed by atoms with Gasteiger partial charge in [-0.15, -0.1) is 0 Å². The zero-order chi connectivity index (χ0) is 28.7. The number of hydrogen-bond donors (Lipinski definition) is 4. The zero-order valence-electron chi connectivity index (χ0n) is 23.2. The van der Waals surface area contributed by atoms with E-state index in [9.17, 15) is 24.6 Å². The van der Waals surface area contributed by atoms with Crippen molar-refractivity contribution in [1.82, 2.24) is 5.32 Å². The van der Waals surface area contributed by atoms with Crippen molar-refractivity contribution in [1.29, 1.82) is 0 Å². The van der Waals surface area contributed by atoms with Gasteiger partial charge in [0.15, 0.2) is 5.79 Å². The minimum atomic E-state index is -1.93. The molecule has 0 spiro atoms. The van der Waals surface area contributed by atoms with Crippen molar-refractivity contribution in [2.24, 2.45) is 5.92 Å². The number of aliphatic carboxylic acids is 1. The Hall–Kier alpha value is -2.53. The number of aliphatic hydroxyl groups is 2. The van der Waals surface area contributed by atoms with Crippen LogP contribution in [0.5, 0.6) is 0 Å². The van der Waals surface area contributed by atoms with Crippen LogP contribution in [-0.4, -0.2) is 75.0 Å². The molecule has 4 N–H and O–H groups in total. The lowest BCUT2D eigenvalue weighted by Crippen LogP contribution is -2.51. The predicted octanol–water partition coefficient (Wildman–Crippen LogP) is 2.78. The SMILES string of the molecule is CC(=O)OC(C)C=CC(=O)NC1CC(C)C(CC=C(C)C=CC2CC(C)(O)CC(O)(CC(=O)O)O2)OC1C. The first-order valence-corrected chi connectivity index (χ1v) is 13.1. The van der Waals surface area contributed by atoms with E-state index in [1.165, 1.54) is 19.1 Å². The van der Waals surface area contributed by atoms with Crippen molar-refractivity contribution in [2.75, 3.05) is 0 Å². The van der Waals surface area contributed by atoms with Gasteiger partial charge in [-0.1, -0.05) is 30.7 Å². The number of esters is 1. The van der Waals surface area contributed by atoms with Crippen molar-refractivity contribution >= 4 is 17.8 Å².